The molecule has 156 valence electrons. The second-order valence-electron chi connectivity index (χ2n) is 9.60. The summed E-state index contributed by atoms with van der Waals surface area (Å²) in [6, 6.07) is 0. The summed E-state index contributed by atoms with van der Waals surface area (Å²) in [5.74, 6) is 0.925. The highest BCUT2D eigenvalue weighted by molar-refractivity contribution is 5.84. The van der Waals surface area contributed by atoms with Gasteiger partial charge in [0.05, 0.1) is 7.11 Å². The molecule has 0 aromatic carbocycles. The predicted octanol–water partition coefficient (Wildman–Crippen LogP) is 5.99. The Balaban J connectivity index is 1.92. The highest BCUT2D eigenvalue weighted by atomic mass is 16.5. The summed E-state index contributed by atoms with van der Waals surface area (Å²) in [7, 11) is 1.51. The Hall–Kier alpha value is -0.860. The minimum Gasteiger partial charge on any atom is -0.469 e. The van der Waals surface area contributed by atoms with Gasteiger partial charge in [0.1, 0.15) is 13.1 Å². The van der Waals surface area contributed by atoms with E-state index in [1.54, 1.807) is 5.71 Å². The number of nitrogens with zero attached hydrogens (tertiary/aromatic N) is 1. The van der Waals surface area contributed by atoms with Crippen LogP contribution in [-0.2, 0) is 9.53 Å². The van der Waals surface area contributed by atoms with Gasteiger partial charge in [0, 0.05) is 30.6 Å². The molecular formula is C24H44NO2+. The van der Waals surface area contributed by atoms with Crippen molar-refractivity contribution in [3.05, 3.63) is 0 Å². The summed E-state index contributed by atoms with van der Waals surface area (Å²) in [5, 5.41) is 0. The van der Waals surface area contributed by atoms with Crippen LogP contribution in [0, 0.1) is 17.3 Å². The van der Waals surface area contributed by atoms with Crippen molar-refractivity contribution in [1.29, 1.82) is 0 Å². The first-order valence-electron chi connectivity index (χ1n) is 11.7. The van der Waals surface area contributed by atoms with E-state index < -0.39 is 0 Å². The van der Waals surface area contributed by atoms with Crippen molar-refractivity contribution in [2.45, 2.75) is 104 Å². The normalized spacial score (nSPS) is 29.7. The van der Waals surface area contributed by atoms with Crippen molar-refractivity contribution < 1.29 is 14.1 Å². The van der Waals surface area contributed by atoms with Gasteiger partial charge >= 0.3 is 5.97 Å². The zero-order valence-corrected chi connectivity index (χ0v) is 18.5. The molecule has 0 amide bonds. The quantitative estimate of drug-likeness (QED) is 0.265. The number of carbonyl (C=O) groups excluding carboxylic acids is 1. The fourth-order valence-corrected chi connectivity index (χ4v) is 5.32. The number of unbranched alkanes of at least 4 members (excludes halogenated alkanes) is 5. The topological polar surface area (TPSA) is 29.3 Å². The predicted molar refractivity (Wildman–Crippen MR) is 113 cm³/mol. The summed E-state index contributed by atoms with van der Waals surface area (Å²) < 4.78 is 7.64. The van der Waals surface area contributed by atoms with Crippen LogP contribution in [0.25, 0.3) is 0 Å². The molecule has 3 heteroatoms. The first-order valence-corrected chi connectivity index (χ1v) is 11.7. The van der Waals surface area contributed by atoms with Crippen LogP contribution in [0.4, 0.5) is 0 Å². The van der Waals surface area contributed by atoms with Gasteiger partial charge in [-0.25, -0.2) is 4.58 Å². The van der Waals surface area contributed by atoms with Crippen LogP contribution < -0.4 is 0 Å². The van der Waals surface area contributed by atoms with E-state index in [0.717, 1.165) is 0 Å². The zero-order valence-electron chi connectivity index (χ0n) is 18.5. The SMILES string of the molecule is CCCCCCCCC1(C)CC[N+](=C2CCCCC2C(C)CC(=O)OC)C1. The summed E-state index contributed by atoms with van der Waals surface area (Å²) in [4.78, 5) is 11.8. The highest BCUT2D eigenvalue weighted by Gasteiger charge is 2.41. The molecule has 0 aromatic rings. The number of ether oxygens (including phenoxy) is 1. The van der Waals surface area contributed by atoms with Crippen molar-refractivity contribution in [3.63, 3.8) is 0 Å². The number of hydrogen-bond donors (Lipinski definition) is 0. The molecular weight excluding hydrogens is 334 g/mol. The van der Waals surface area contributed by atoms with E-state index >= 15 is 0 Å². The molecule has 0 N–H and O–H groups in total. The minimum atomic E-state index is -0.0539. The van der Waals surface area contributed by atoms with Crippen LogP contribution in [0.1, 0.15) is 104 Å². The van der Waals surface area contributed by atoms with Crippen molar-refractivity contribution in [2.75, 3.05) is 20.2 Å². The lowest BCUT2D eigenvalue weighted by Gasteiger charge is -2.27. The third kappa shape index (κ3) is 6.91. The van der Waals surface area contributed by atoms with E-state index in [1.807, 2.05) is 0 Å². The second-order valence-corrected chi connectivity index (χ2v) is 9.60. The molecule has 2 fully saturated rings. The Bertz CT molecular complexity index is 499. The van der Waals surface area contributed by atoms with Crippen molar-refractivity contribution in [1.82, 2.24) is 0 Å². The van der Waals surface area contributed by atoms with E-state index in [0.29, 0.717) is 23.7 Å². The maximum Gasteiger partial charge on any atom is 0.305 e. The van der Waals surface area contributed by atoms with Gasteiger partial charge in [0.15, 0.2) is 5.71 Å². The Kier molecular flexibility index (Phi) is 9.32. The molecule has 2 rings (SSSR count). The van der Waals surface area contributed by atoms with Crippen LogP contribution in [0.2, 0.25) is 0 Å². The van der Waals surface area contributed by atoms with Crippen molar-refractivity contribution in [2.24, 2.45) is 17.3 Å². The van der Waals surface area contributed by atoms with Crippen LogP contribution in [-0.4, -0.2) is 36.5 Å². The second kappa shape index (κ2) is 11.2. The molecule has 0 aromatic heterocycles. The van der Waals surface area contributed by atoms with E-state index in [4.69, 9.17) is 4.74 Å². The van der Waals surface area contributed by atoms with Gasteiger partial charge in [-0.2, -0.15) is 0 Å². The maximum absolute atomic E-state index is 11.8. The number of hydrogen-bond acceptors (Lipinski definition) is 2. The Morgan fingerprint density at radius 3 is 2.70 bits per heavy atom. The van der Waals surface area contributed by atoms with Crippen molar-refractivity contribution >= 4 is 11.7 Å². The molecule has 1 aliphatic heterocycles. The monoisotopic (exact) mass is 378 g/mol. The van der Waals surface area contributed by atoms with Gasteiger partial charge in [-0.3, -0.25) is 4.79 Å². The molecule has 3 unspecified atom stereocenters. The smallest absolute Gasteiger partial charge is 0.305 e. The minimum absolute atomic E-state index is 0.0539. The molecule has 0 spiro atoms. The lowest BCUT2D eigenvalue weighted by atomic mass is 9.77. The fraction of sp³-hybridized carbons (Fsp3) is 0.917. The lowest BCUT2D eigenvalue weighted by Crippen LogP contribution is -2.35. The molecule has 3 nitrogen and oxygen atoms in total. The van der Waals surface area contributed by atoms with Gasteiger partial charge in [0.2, 0.25) is 0 Å². The van der Waals surface area contributed by atoms with Gasteiger partial charge in [0.25, 0.3) is 0 Å². The summed E-state index contributed by atoms with van der Waals surface area (Å²) in [5.41, 5.74) is 2.15. The average molecular weight is 379 g/mol. The molecule has 1 saturated heterocycles. The van der Waals surface area contributed by atoms with E-state index in [-0.39, 0.29) is 5.97 Å². The largest absolute Gasteiger partial charge is 0.469 e. The van der Waals surface area contributed by atoms with Crippen LogP contribution >= 0.6 is 0 Å². The molecule has 1 saturated carbocycles. The fourth-order valence-electron chi connectivity index (χ4n) is 5.32. The Morgan fingerprint density at radius 2 is 1.96 bits per heavy atom. The third-order valence-corrected chi connectivity index (χ3v) is 7.13. The molecule has 3 atom stereocenters. The summed E-state index contributed by atoms with van der Waals surface area (Å²) >= 11 is 0. The molecule has 0 radical (unpaired) electrons. The Morgan fingerprint density at radius 1 is 1.22 bits per heavy atom. The number of carbonyl (C=O) groups is 1. The lowest BCUT2D eigenvalue weighted by molar-refractivity contribution is -0.516. The maximum atomic E-state index is 11.8. The van der Waals surface area contributed by atoms with Gasteiger partial charge in [-0.05, 0) is 25.2 Å². The number of esters is 1. The van der Waals surface area contributed by atoms with Gasteiger partial charge in [-0.1, -0.05) is 65.7 Å². The van der Waals surface area contributed by atoms with E-state index in [1.165, 1.54) is 97.2 Å². The van der Waals surface area contributed by atoms with Crippen LogP contribution in [0.3, 0.4) is 0 Å². The third-order valence-electron chi connectivity index (χ3n) is 7.13. The van der Waals surface area contributed by atoms with E-state index in [9.17, 15) is 4.79 Å². The van der Waals surface area contributed by atoms with E-state index in [2.05, 4.69) is 25.3 Å². The highest BCUT2D eigenvalue weighted by Crippen LogP contribution is 2.37. The van der Waals surface area contributed by atoms with Gasteiger partial charge in [-0.15, -0.1) is 0 Å². The number of methoxy groups -OCH3 is 1. The summed E-state index contributed by atoms with van der Waals surface area (Å²) in [6.45, 7) is 9.51. The zero-order chi connectivity index (χ0) is 19.7. The standard InChI is InChI=1S/C24H44NO2/c1-5-6-7-8-9-12-15-24(3)16-17-25(19-24)22-14-11-10-13-21(22)20(2)18-23(26)27-4/h20-21H,5-19H2,1-4H3/q+1. The Labute approximate surface area is 168 Å². The van der Waals surface area contributed by atoms with Crippen LogP contribution in [0.15, 0.2) is 0 Å². The van der Waals surface area contributed by atoms with Crippen molar-refractivity contribution in [3.8, 4) is 0 Å². The average Bonchev–Trinajstić information content (AvgIpc) is 3.06. The van der Waals surface area contributed by atoms with Gasteiger partial charge < -0.3 is 4.74 Å². The first kappa shape index (κ1) is 22.4. The van der Waals surface area contributed by atoms with Crippen LogP contribution in [0.5, 0.6) is 0 Å². The molecule has 0 bridgehead atoms. The number of rotatable bonds is 10. The molecule has 1 heterocycles. The molecule has 1 aliphatic carbocycles. The first-order chi connectivity index (χ1) is 13.0. The molecule has 2 aliphatic rings. The molecule has 27 heavy (non-hydrogen) atoms. The summed E-state index contributed by atoms with van der Waals surface area (Å²) in [6.07, 6.45) is 16.8.